The largest absolute Gasteiger partial charge is 0.356 e. The Kier molecular flexibility index (Phi) is 6.20. The van der Waals surface area contributed by atoms with Crippen molar-refractivity contribution in [1.82, 2.24) is 10.6 Å². The standard InChI is InChI=1S/C21H23N3O3/c25-19(22-14-6-9-15-7-2-1-3-8-15)13-12-18-21(27)23-17-11-5-4-10-16(17)20(26)24-18/h1-5,7-8,10-11,18H,6,9,12-14H2,(H,22,25)(H,23,27)(H,24,26). The highest BCUT2D eigenvalue weighted by molar-refractivity contribution is 6.09. The van der Waals surface area contributed by atoms with Crippen LogP contribution in [0.5, 0.6) is 0 Å². The van der Waals surface area contributed by atoms with Gasteiger partial charge in [-0.05, 0) is 37.0 Å². The Hall–Kier alpha value is -3.15. The number of hydrogen-bond acceptors (Lipinski definition) is 3. The van der Waals surface area contributed by atoms with E-state index in [1.54, 1.807) is 24.3 Å². The van der Waals surface area contributed by atoms with Gasteiger partial charge in [0, 0.05) is 13.0 Å². The molecule has 6 nitrogen and oxygen atoms in total. The molecule has 1 heterocycles. The van der Waals surface area contributed by atoms with E-state index in [1.807, 2.05) is 18.2 Å². The molecule has 2 aromatic carbocycles. The second-order valence-corrected chi connectivity index (χ2v) is 6.54. The van der Waals surface area contributed by atoms with Crippen molar-refractivity contribution in [1.29, 1.82) is 0 Å². The summed E-state index contributed by atoms with van der Waals surface area (Å²) in [5.41, 5.74) is 2.16. The van der Waals surface area contributed by atoms with Crippen LogP contribution in [0.15, 0.2) is 54.6 Å². The lowest BCUT2D eigenvalue weighted by Crippen LogP contribution is -2.42. The molecule has 0 aromatic heterocycles. The van der Waals surface area contributed by atoms with Gasteiger partial charge in [0.15, 0.2) is 0 Å². The molecule has 0 spiro atoms. The average molecular weight is 365 g/mol. The van der Waals surface area contributed by atoms with E-state index in [-0.39, 0.29) is 30.6 Å². The van der Waals surface area contributed by atoms with Gasteiger partial charge in [0.25, 0.3) is 5.91 Å². The van der Waals surface area contributed by atoms with Crippen molar-refractivity contribution in [3.8, 4) is 0 Å². The van der Waals surface area contributed by atoms with Crippen molar-refractivity contribution in [2.45, 2.75) is 31.7 Å². The number of para-hydroxylation sites is 1. The molecule has 3 rings (SSSR count). The molecule has 6 heteroatoms. The lowest BCUT2D eigenvalue weighted by molar-refractivity contribution is -0.121. The normalized spacial score (nSPS) is 15.9. The Labute approximate surface area is 158 Å². The summed E-state index contributed by atoms with van der Waals surface area (Å²) in [6, 6.07) is 16.2. The Balaban J connectivity index is 1.42. The van der Waals surface area contributed by atoms with Crippen LogP contribution in [0.1, 0.15) is 35.2 Å². The predicted octanol–water partition coefficient (Wildman–Crippen LogP) is 2.27. The number of benzene rings is 2. The minimum Gasteiger partial charge on any atom is -0.356 e. The summed E-state index contributed by atoms with van der Waals surface area (Å²) in [5.74, 6) is -0.728. The van der Waals surface area contributed by atoms with Crippen molar-refractivity contribution < 1.29 is 14.4 Å². The molecule has 140 valence electrons. The second-order valence-electron chi connectivity index (χ2n) is 6.54. The zero-order chi connectivity index (χ0) is 19.1. The molecule has 0 saturated carbocycles. The van der Waals surface area contributed by atoms with Crippen LogP contribution in [-0.4, -0.2) is 30.3 Å². The molecule has 1 atom stereocenters. The molecule has 0 fully saturated rings. The molecule has 3 amide bonds. The number of aryl methyl sites for hydroxylation is 1. The molecule has 1 aliphatic heterocycles. The Morgan fingerprint density at radius 1 is 1.00 bits per heavy atom. The van der Waals surface area contributed by atoms with Gasteiger partial charge >= 0.3 is 0 Å². The van der Waals surface area contributed by atoms with Crippen LogP contribution in [0.3, 0.4) is 0 Å². The second kappa shape index (κ2) is 8.98. The number of anilines is 1. The Morgan fingerprint density at radius 3 is 2.56 bits per heavy atom. The zero-order valence-electron chi connectivity index (χ0n) is 15.0. The van der Waals surface area contributed by atoms with E-state index in [2.05, 4.69) is 28.1 Å². The van der Waals surface area contributed by atoms with Crippen molar-refractivity contribution in [2.24, 2.45) is 0 Å². The topological polar surface area (TPSA) is 87.3 Å². The molecule has 2 aromatic rings. The summed E-state index contributed by atoms with van der Waals surface area (Å²) in [6.45, 7) is 0.586. The summed E-state index contributed by atoms with van der Waals surface area (Å²) in [5, 5.41) is 8.31. The van der Waals surface area contributed by atoms with Crippen LogP contribution >= 0.6 is 0 Å². The number of fused-ring (bicyclic) bond motifs is 1. The van der Waals surface area contributed by atoms with Crippen molar-refractivity contribution in [3.63, 3.8) is 0 Å². The summed E-state index contributed by atoms with van der Waals surface area (Å²) < 4.78 is 0. The summed E-state index contributed by atoms with van der Waals surface area (Å²) >= 11 is 0. The zero-order valence-corrected chi connectivity index (χ0v) is 15.0. The van der Waals surface area contributed by atoms with Crippen LogP contribution in [0, 0.1) is 0 Å². The predicted molar refractivity (Wildman–Crippen MR) is 103 cm³/mol. The van der Waals surface area contributed by atoms with Crippen LogP contribution in [-0.2, 0) is 16.0 Å². The Morgan fingerprint density at radius 2 is 1.74 bits per heavy atom. The molecule has 1 aliphatic rings. The highest BCUT2D eigenvalue weighted by atomic mass is 16.2. The molecule has 1 unspecified atom stereocenters. The minimum absolute atomic E-state index is 0.119. The van der Waals surface area contributed by atoms with Gasteiger partial charge < -0.3 is 16.0 Å². The van der Waals surface area contributed by atoms with Gasteiger partial charge in [-0.25, -0.2) is 0 Å². The summed E-state index contributed by atoms with van der Waals surface area (Å²) in [4.78, 5) is 36.6. The maximum atomic E-state index is 12.3. The number of amides is 3. The molecule has 3 N–H and O–H groups in total. The maximum Gasteiger partial charge on any atom is 0.254 e. The van der Waals surface area contributed by atoms with Gasteiger partial charge in [0.05, 0.1) is 11.3 Å². The van der Waals surface area contributed by atoms with E-state index in [0.717, 1.165) is 12.8 Å². The summed E-state index contributed by atoms with van der Waals surface area (Å²) in [7, 11) is 0. The lowest BCUT2D eigenvalue weighted by Gasteiger charge is -2.14. The number of nitrogens with one attached hydrogen (secondary N) is 3. The van der Waals surface area contributed by atoms with E-state index in [1.165, 1.54) is 5.56 Å². The fraction of sp³-hybridized carbons (Fsp3) is 0.286. The fourth-order valence-electron chi connectivity index (χ4n) is 3.04. The first-order valence-electron chi connectivity index (χ1n) is 9.15. The molecule has 27 heavy (non-hydrogen) atoms. The van der Waals surface area contributed by atoms with E-state index >= 15 is 0 Å². The highest BCUT2D eigenvalue weighted by Crippen LogP contribution is 2.19. The third-order valence-electron chi connectivity index (χ3n) is 4.52. The quantitative estimate of drug-likeness (QED) is 0.658. The van der Waals surface area contributed by atoms with Crippen LogP contribution in [0.2, 0.25) is 0 Å². The SMILES string of the molecule is O=C(CCC1NC(=O)c2ccccc2NC1=O)NCCCc1ccccc1. The van der Waals surface area contributed by atoms with Crippen LogP contribution < -0.4 is 16.0 Å². The van der Waals surface area contributed by atoms with Gasteiger partial charge in [0.2, 0.25) is 11.8 Å². The molecular formula is C21H23N3O3. The van der Waals surface area contributed by atoms with Crippen molar-refractivity contribution in [2.75, 3.05) is 11.9 Å². The van der Waals surface area contributed by atoms with E-state index < -0.39 is 6.04 Å². The van der Waals surface area contributed by atoms with Crippen molar-refractivity contribution >= 4 is 23.4 Å². The summed E-state index contributed by atoms with van der Waals surface area (Å²) in [6.07, 6.45) is 2.20. The van der Waals surface area contributed by atoms with Gasteiger partial charge in [-0.2, -0.15) is 0 Å². The monoisotopic (exact) mass is 365 g/mol. The van der Waals surface area contributed by atoms with Crippen molar-refractivity contribution in [3.05, 3.63) is 65.7 Å². The average Bonchev–Trinajstić information content (AvgIpc) is 2.80. The number of carbonyl (C=O) groups is 3. The van der Waals surface area contributed by atoms with Gasteiger partial charge in [-0.1, -0.05) is 42.5 Å². The molecule has 0 bridgehead atoms. The number of carbonyl (C=O) groups excluding carboxylic acids is 3. The van der Waals surface area contributed by atoms with E-state index in [4.69, 9.17) is 0 Å². The minimum atomic E-state index is -0.722. The van der Waals surface area contributed by atoms with Gasteiger partial charge in [0.1, 0.15) is 6.04 Å². The maximum absolute atomic E-state index is 12.3. The van der Waals surface area contributed by atoms with Gasteiger partial charge in [-0.15, -0.1) is 0 Å². The molecule has 0 saturated heterocycles. The molecule has 0 aliphatic carbocycles. The number of hydrogen-bond donors (Lipinski definition) is 3. The first-order valence-corrected chi connectivity index (χ1v) is 9.15. The third kappa shape index (κ3) is 5.17. The van der Waals surface area contributed by atoms with E-state index in [9.17, 15) is 14.4 Å². The van der Waals surface area contributed by atoms with E-state index in [0.29, 0.717) is 17.8 Å². The molecular weight excluding hydrogens is 342 g/mol. The highest BCUT2D eigenvalue weighted by Gasteiger charge is 2.27. The first kappa shape index (κ1) is 18.6. The Bertz CT molecular complexity index is 820. The smallest absolute Gasteiger partial charge is 0.254 e. The van der Waals surface area contributed by atoms with Crippen LogP contribution in [0.25, 0.3) is 0 Å². The lowest BCUT2D eigenvalue weighted by atomic mass is 10.1. The first-order chi connectivity index (χ1) is 13.1. The fourth-order valence-corrected chi connectivity index (χ4v) is 3.04. The molecule has 0 radical (unpaired) electrons. The third-order valence-corrected chi connectivity index (χ3v) is 4.52. The van der Waals surface area contributed by atoms with Crippen LogP contribution in [0.4, 0.5) is 5.69 Å². The number of rotatable bonds is 7. The van der Waals surface area contributed by atoms with Gasteiger partial charge in [-0.3, -0.25) is 14.4 Å².